The van der Waals surface area contributed by atoms with Gasteiger partial charge in [-0.05, 0) is 35.9 Å². The number of rotatable bonds is 5. The Morgan fingerprint density at radius 1 is 0.774 bits per heavy atom. The number of hydrogen-bond donors (Lipinski definition) is 0. The predicted molar refractivity (Wildman–Crippen MR) is 97.8 cm³/mol. The van der Waals surface area contributed by atoms with Gasteiger partial charge in [0.15, 0.2) is 0 Å². The first-order valence-corrected chi connectivity index (χ1v) is 8.63. The molecule has 1 heterocycles. The van der Waals surface area contributed by atoms with Gasteiger partial charge in [-0.2, -0.15) is 5.26 Å². The number of pyridine rings is 1. The predicted octanol–water partition coefficient (Wildman–Crippen LogP) is 6.28. The molecule has 2 aromatic carbocycles. The quantitative estimate of drug-likeness (QED) is 0.440. The Labute approximate surface area is 172 Å². The molecule has 0 bridgehead atoms. The molecule has 0 aliphatic heterocycles. The summed E-state index contributed by atoms with van der Waals surface area (Å²) in [6.45, 7) is 0. The number of nitriles is 1. The maximum atomic E-state index is 12.5. The van der Waals surface area contributed by atoms with E-state index in [0.29, 0.717) is 5.56 Å². The second-order valence-electron chi connectivity index (χ2n) is 6.19. The molecule has 0 aliphatic rings. The van der Waals surface area contributed by atoms with E-state index in [-0.39, 0.29) is 28.9 Å². The fraction of sp³-hybridized carbons (Fsp3) is 0.143. The van der Waals surface area contributed by atoms with Crippen molar-refractivity contribution in [1.29, 1.82) is 5.26 Å². The van der Waals surface area contributed by atoms with Crippen LogP contribution in [-0.4, -0.2) is 17.7 Å². The molecule has 0 atom stereocenters. The van der Waals surface area contributed by atoms with Crippen molar-refractivity contribution >= 4 is 0 Å². The molecule has 1 aromatic heterocycles. The first-order valence-electron chi connectivity index (χ1n) is 8.63. The van der Waals surface area contributed by atoms with Crippen LogP contribution in [-0.2, 0) is 6.42 Å². The van der Waals surface area contributed by atoms with Crippen LogP contribution in [0.25, 0.3) is 22.5 Å². The molecular formula is C21H12F6N2O2. The van der Waals surface area contributed by atoms with Gasteiger partial charge in [0.25, 0.3) is 0 Å². The zero-order chi connectivity index (χ0) is 22.6. The zero-order valence-corrected chi connectivity index (χ0v) is 15.5. The van der Waals surface area contributed by atoms with Crippen molar-refractivity contribution in [2.45, 2.75) is 19.1 Å². The van der Waals surface area contributed by atoms with E-state index < -0.39 is 24.2 Å². The lowest BCUT2D eigenvalue weighted by atomic mass is 10.0. The number of alkyl halides is 6. The van der Waals surface area contributed by atoms with Crippen molar-refractivity contribution in [1.82, 2.24) is 4.98 Å². The van der Waals surface area contributed by atoms with E-state index in [1.54, 1.807) is 0 Å². The van der Waals surface area contributed by atoms with Gasteiger partial charge in [0.1, 0.15) is 11.5 Å². The third-order valence-corrected chi connectivity index (χ3v) is 3.95. The Balaban J connectivity index is 2.04. The molecule has 0 N–H and O–H groups in total. The van der Waals surface area contributed by atoms with Crippen molar-refractivity contribution in [3.05, 3.63) is 66.2 Å². The first-order chi connectivity index (χ1) is 14.5. The summed E-state index contributed by atoms with van der Waals surface area (Å²) in [7, 11) is 0. The Morgan fingerprint density at radius 3 is 1.87 bits per heavy atom. The number of benzene rings is 2. The highest BCUT2D eigenvalue weighted by atomic mass is 19.4. The van der Waals surface area contributed by atoms with Gasteiger partial charge in [-0.25, -0.2) is 4.98 Å². The lowest BCUT2D eigenvalue weighted by Crippen LogP contribution is -2.17. The van der Waals surface area contributed by atoms with Gasteiger partial charge in [0.05, 0.1) is 23.9 Å². The largest absolute Gasteiger partial charge is 0.573 e. The zero-order valence-electron chi connectivity index (χ0n) is 15.5. The normalized spacial score (nSPS) is 11.6. The number of ether oxygens (including phenoxy) is 2. The second kappa shape index (κ2) is 8.55. The molecule has 3 aromatic rings. The molecular weight excluding hydrogens is 426 g/mol. The second-order valence-corrected chi connectivity index (χ2v) is 6.19. The van der Waals surface area contributed by atoms with Crippen LogP contribution in [0, 0.1) is 11.3 Å². The van der Waals surface area contributed by atoms with Crippen molar-refractivity contribution in [2.75, 3.05) is 0 Å². The van der Waals surface area contributed by atoms with E-state index >= 15 is 0 Å². The van der Waals surface area contributed by atoms with E-state index in [2.05, 4.69) is 14.5 Å². The van der Waals surface area contributed by atoms with Crippen LogP contribution in [0.1, 0.15) is 5.56 Å². The third kappa shape index (κ3) is 6.12. The molecule has 0 saturated heterocycles. The SMILES string of the molecule is N#CCc1ccc(-c2cccc(OC(F)(F)F)c2)nc1-c1cccc(OC(F)(F)F)c1. The molecule has 3 rings (SSSR count). The summed E-state index contributed by atoms with van der Waals surface area (Å²) in [6, 6.07) is 15.1. The van der Waals surface area contributed by atoms with Gasteiger partial charge < -0.3 is 9.47 Å². The van der Waals surface area contributed by atoms with Gasteiger partial charge in [0, 0.05) is 11.1 Å². The van der Waals surface area contributed by atoms with E-state index in [9.17, 15) is 26.3 Å². The summed E-state index contributed by atoms with van der Waals surface area (Å²) < 4.78 is 82.9. The van der Waals surface area contributed by atoms with Crippen LogP contribution in [0.2, 0.25) is 0 Å². The van der Waals surface area contributed by atoms with Gasteiger partial charge in [-0.3, -0.25) is 0 Å². The molecule has 160 valence electrons. The number of aromatic nitrogens is 1. The Morgan fingerprint density at radius 2 is 1.32 bits per heavy atom. The summed E-state index contributed by atoms with van der Waals surface area (Å²) in [6.07, 6.45) is -9.83. The molecule has 0 aliphatic carbocycles. The van der Waals surface area contributed by atoms with Gasteiger partial charge in [-0.15, -0.1) is 26.3 Å². The smallest absolute Gasteiger partial charge is 0.406 e. The number of nitrogens with zero attached hydrogens (tertiary/aromatic N) is 2. The van der Waals surface area contributed by atoms with E-state index in [1.807, 2.05) is 6.07 Å². The van der Waals surface area contributed by atoms with Gasteiger partial charge in [-0.1, -0.05) is 30.3 Å². The Kier molecular flexibility index (Phi) is 6.06. The van der Waals surface area contributed by atoms with Crippen LogP contribution < -0.4 is 9.47 Å². The highest BCUT2D eigenvalue weighted by Crippen LogP contribution is 2.32. The van der Waals surface area contributed by atoms with Crippen molar-refractivity contribution < 1.29 is 35.8 Å². The van der Waals surface area contributed by atoms with E-state index in [4.69, 9.17) is 5.26 Å². The lowest BCUT2D eigenvalue weighted by Gasteiger charge is -2.13. The minimum Gasteiger partial charge on any atom is -0.406 e. The van der Waals surface area contributed by atoms with Gasteiger partial charge in [0.2, 0.25) is 0 Å². The van der Waals surface area contributed by atoms with Crippen molar-refractivity contribution in [3.8, 4) is 40.1 Å². The van der Waals surface area contributed by atoms with Crippen molar-refractivity contribution in [3.63, 3.8) is 0 Å². The summed E-state index contributed by atoms with van der Waals surface area (Å²) in [5.74, 6) is -0.921. The number of hydrogen-bond acceptors (Lipinski definition) is 4. The fourth-order valence-electron chi connectivity index (χ4n) is 2.82. The van der Waals surface area contributed by atoms with E-state index in [1.165, 1.54) is 36.4 Å². The summed E-state index contributed by atoms with van der Waals surface area (Å²) in [5.41, 5.74) is 1.41. The standard InChI is InChI=1S/C21H12F6N2O2/c22-20(23,24)30-16-5-1-3-14(11-16)18-8-7-13(9-10-28)19(29-18)15-4-2-6-17(12-15)31-21(25,26)27/h1-8,11-12H,9H2. The van der Waals surface area contributed by atoms with Crippen LogP contribution in [0.4, 0.5) is 26.3 Å². The molecule has 10 heteroatoms. The van der Waals surface area contributed by atoms with Crippen LogP contribution in [0.3, 0.4) is 0 Å². The van der Waals surface area contributed by atoms with Crippen molar-refractivity contribution in [2.24, 2.45) is 0 Å². The Hall–Kier alpha value is -3.74. The average Bonchev–Trinajstić information content (AvgIpc) is 2.66. The summed E-state index contributed by atoms with van der Waals surface area (Å²) in [4.78, 5) is 4.38. The highest BCUT2D eigenvalue weighted by Gasteiger charge is 2.32. The van der Waals surface area contributed by atoms with Crippen LogP contribution in [0.5, 0.6) is 11.5 Å². The average molecular weight is 438 g/mol. The monoisotopic (exact) mass is 438 g/mol. The maximum absolute atomic E-state index is 12.5. The van der Waals surface area contributed by atoms with Crippen LogP contribution in [0.15, 0.2) is 60.7 Å². The topological polar surface area (TPSA) is 55.1 Å². The molecule has 0 fully saturated rings. The molecule has 0 unspecified atom stereocenters. The Bertz CT molecular complexity index is 1120. The maximum Gasteiger partial charge on any atom is 0.573 e. The summed E-state index contributed by atoms with van der Waals surface area (Å²) >= 11 is 0. The molecule has 4 nitrogen and oxygen atoms in total. The minimum absolute atomic E-state index is 0.0792. The molecule has 0 radical (unpaired) electrons. The highest BCUT2D eigenvalue weighted by molar-refractivity contribution is 5.70. The molecule has 31 heavy (non-hydrogen) atoms. The lowest BCUT2D eigenvalue weighted by molar-refractivity contribution is -0.275. The molecule has 0 amide bonds. The first kappa shape index (κ1) is 22.0. The number of halogens is 6. The fourth-order valence-corrected chi connectivity index (χ4v) is 2.82. The molecule has 0 spiro atoms. The van der Waals surface area contributed by atoms with E-state index in [0.717, 1.165) is 24.3 Å². The van der Waals surface area contributed by atoms with Gasteiger partial charge >= 0.3 is 12.7 Å². The molecule has 0 saturated carbocycles. The third-order valence-electron chi connectivity index (χ3n) is 3.95. The van der Waals surface area contributed by atoms with Crippen LogP contribution >= 0.6 is 0 Å². The summed E-state index contributed by atoms with van der Waals surface area (Å²) in [5, 5.41) is 9.06. The minimum atomic E-state index is -4.89.